The van der Waals surface area contributed by atoms with Gasteiger partial charge in [0.25, 0.3) is 0 Å². The van der Waals surface area contributed by atoms with E-state index in [1.165, 1.54) is 25.9 Å². The second kappa shape index (κ2) is 8.48. The summed E-state index contributed by atoms with van der Waals surface area (Å²) in [7, 11) is 3.60. The Bertz CT molecular complexity index is 934. The molecule has 28 heavy (non-hydrogen) atoms. The van der Waals surface area contributed by atoms with Gasteiger partial charge in [-0.15, -0.1) is 0 Å². The second-order valence-corrected chi connectivity index (χ2v) is 7.14. The number of anilines is 2. The van der Waals surface area contributed by atoms with Crippen molar-refractivity contribution in [2.24, 2.45) is 7.05 Å². The van der Waals surface area contributed by atoms with Crippen molar-refractivity contribution in [3.05, 3.63) is 36.7 Å². The maximum absolute atomic E-state index is 6.02. The summed E-state index contributed by atoms with van der Waals surface area (Å²) in [5, 5.41) is 3.34. The van der Waals surface area contributed by atoms with E-state index in [2.05, 4.69) is 20.2 Å². The number of aromatic nitrogens is 3. The number of aryl methyl sites for hydroxylation is 1. The average Bonchev–Trinajstić information content (AvgIpc) is 3.36. The number of pyridine rings is 1. The maximum atomic E-state index is 6.02. The summed E-state index contributed by atoms with van der Waals surface area (Å²) in [4.78, 5) is 11.4. The first-order valence-corrected chi connectivity index (χ1v) is 9.81. The molecule has 1 aliphatic heterocycles. The first kappa shape index (κ1) is 18.6. The lowest BCUT2D eigenvalue weighted by Gasteiger charge is -2.16. The van der Waals surface area contributed by atoms with Gasteiger partial charge in [0.1, 0.15) is 11.3 Å². The molecule has 1 fully saturated rings. The lowest BCUT2D eigenvalue weighted by atomic mass is 10.2. The monoisotopic (exact) mass is 381 g/mol. The van der Waals surface area contributed by atoms with E-state index in [1.54, 1.807) is 13.4 Å². The van der Waals surface area contributed by atoms with Crippen LogP contribution in [0.2, 0.25) is 0 Å². The normalized spacial score (nSPS) is 14.5. The number of nitrogens with zero attached hydrogens (tertiary/aromatic N) is 4. The highest BCUT2D eigenvalue weighted by atomic mass is 16.5. The Morgan fingerprint density at radius 3 is 2.79 bits per heavy atom. The van der Waals surface area contributed by atoms with Crippen molar-refractivity contribution < 1.29 is 9.47 Å². The van der Waals surface area contributed by atoms with Crippen molar-refractivity contribution in [3.8, 4) is 11.5 Å². The minimum absolute atomic E-state index is 0.676. The number of imidazole rings is 1. The number of nitrogens with one attached hydrogen (secondary N) is 1. The van der Waals surface area contributed by atoms with Crippen molar-refractivity contribution in [1.82, 2.24) is 19.4 Å². The fourth-order valence-corrected chi connectivity index (χ4v) is 3.57. The highest BCUT2D eigenvalue weighted by Crippen LogP contribution is 2.31. The van der Waals surface area contributed by atoms with Crippen molar-refractivity contribution in [3.63, 3.8) is 0 Å². The van der Waals surface area contributed by atoms with Crippen molar-refractivity contribution >= 4 is 22.7 Å². The van der Waals surface area contributed by atoms with Crippen LogP contribution in [0.3, 0.4) is 0 Å². The molecule has 1 aromatic carbocycles. The van der Waals surface area contributed by atoms with E-state index in [0.717, 1.165) is 47.1 Å². The quantitative estimate of drug-likeness (QED) is 0.602. The van der Waals surface area contributed by atoms with E-state index in [-0.39, 0.29) is 0 Å². The van der Waals surface area contributed by atoms with Gasteiger partial charge in [-0.2, -0.15) is 0 Å². The van der Waals surface area contributed by atoms with Crippen LogP contribution in [-0.2, 0) is 7.05 Å². The molecule has 1 aliphatic rings. The summed E-state index contributed by atoms with van der Waals surface area (Å²) in [6.07, 6.45) is 5.42. The Kier molecular flexibility index (Phi) is 5.62. The van der Waals surface area contributed by atoms with Crippen molar-refractivity contribution in [2.75, 3.05) is 38.7 Å². The van der Waals surface area contributed by atoms with Crippen molar-refractivity contribution in [1.29, 1.82) is 0 Å². The first-order chi connectivity index (χ1) is 13.7. The van der Waals surface area contributed by atoms with Gasteiger partial charge < -0.3 is 24.3 Å². The molecular formula is C21H27N5O2. The van der Waals surface area contributed by atoms with Crippen LogP contribution in [0.5, 0.6) is 11.5 Å². The molecular weight excluding hydrogens is 354 g/mol. The van der Waals surface area contributed by atoms with Crippen LogP contribution >= 0.6 is 0 Å². The molecule has 0 radical (unpaired) electrons. The predicted molar refractivity (Wildman–Crippen MR) is 111 cm³/mol. The van der Waals surface area contributed by atoms with E-state index in [4.69, 9.17) is 9.47 Å². The minimum Gasteiger partial charge on any atom is -0.493 e. The SMILES string of the molecule is COc1ccc(Nc2ccc3ncn(C)c3n2)cc1OCCCN1CCCC1. The number of methoxy groups -OCH3 is 1. The highest BCUT2D eigenvalue weighted by Gasteiger charge is 2.12. The van der Waals surface area contributed by atoms with Gasteiger partial charge >= 0.3 is 0 Å². The first-order valence-electron chi connectivity index (χ1n) is 9.81. The van der Waals surface area contributed by atoms with Gasteiger partial charge in [-0.1, -0.05) is 0 Å². The van der Waals surface area contributed by atoms with Gasteiger partial charge in [-0.05, 0) is 56.6 Å². The molecule has 7 nitrogen and oxygen atoms in total. The molecule has 0 bridgehead atoms. The molecule has 0 saturated carbocycles. The van der Waals surface area contributed by atoms with Crippen LogP contribution in [0.15, 0.2) is 36.7 Å². The molecule has 3 aromatic rings. The van der Waals surface area contributed by atoms with Crippen LogP contribution in [0.4, 0.5) is 11.5 Å². The van der Waals surface area contributed by atoms with Gasteiger partial charge in [-0.3, -0.25) is 0 Å². The Morgan fingerprint density at radius 2 is 1.96 bits per heavy atom. The Morgan fingerprint density at radius 1 is 1.11 bits per heavy atom. The van der Waals surface area contributed by atoms with Crippen LogP contribution in [0.1, 0.15) is 19.3 Å². The summed E-state index contributed by atoms with van der Waals surface area (Å²) >= 11 is 0. The van der Waals surface area contributed by atoms with E-state index in [0.29, 0.717) is 6.61 Å². The minimum atomic E-state index is 0.676. The molecule has 3 heterocycles. The number of fused-ring (bicyclic) bond motifs is 1. The lowest BCUT2D eigenvalue weighted by molar-refractivity contribution is 0.254. The van der Waals surface area contributed by atoms with Gasteiger partial charge in [0.2, 0.25) is 0 Å². The maximum Gasteiger partial charge on any atom is 0.163 e. The molecule has 7 heteroatoms. The van der Waals surface area contributed by atoms with Gasteiger partial charge in [0.05, 0.1) is 20.0 Å². The van der Waals surface area contributed by atoms with Crippen molar-refractivity contribution in [2.45, 2.75) is 19.3 Å². The zero-order chi connectivity index (χ0) is 19.3. The fraction of sp³-hybridized carbons (Fsp3) is 0.429. The van der Waals surface area contributed by atoms with E-state index in [9.17, 15) is 0 Å². The van der Waals surface area contributed by atoms with E-state index >= 15 is 0 Å². The number of rotatable bonds is 8. The van der Waals surface area contributed by atoms with Gasteiger partial charge in [0.15, 0.2) is 17.1 Å². The molecule has 0 aliphatic carbocycles. The predicted octanol–water partition coefficient (Wildman–Crippen LogP) is 3.59. The third-order valence-corrected chi connectivity index (χ3v) is 5.07. The summed E-state index contributed by atoms with van der Waals surface area (Å²) in [6.45, 7) is 4.21. The van der Waals surface area contributed by atoms with Crippen LogP contribution < -0.4 is 14.8 Å². The molecule has 0 spiro atoms. The van der Waals surface area contributed by atoms with Crippen LogP contribution in [0, 0.1) is 0 Å². The topological polar surface area (TPSA) is 64.4 Å². The molecule has 0 amide bonds. The summed E-state index contributed by atoms with van der Waals surface area (Å²) in [5.41, 5.74) is 2.63. The van der Waals surface area contributed by atoms with Gasteiger partial charge in [-0.25, -0.2) is 9.97 Å². The third kappa shape index (κ3) is 4.20. The summed E-state index contributed by atoms with van der Waals surface area (Å²) < 4.78 is 13.4. The van der Waals surface area contributed by atoms with Gasteiger partial charge in [0, 0.05) is 25.3 Å². The van der Waals surface area contributed by atoms with E-state index in [1.807, 2.05) is 41.9 Å². The molecule has 148 valence electrons. The molecule has 0 atom stereocenters. The molecule has 4 rings (SSSR count). The zero-order valence-electron chi connectivity index (χ0n) is 16.5. The number of hydrogen-bond acceptors (Lipinski definition) is 6. The number of benzene rings is 1. The Labute approximate surface area is 165 Å². The largest absolute Gasteiger partial charge is 0.493 e. The number of hydrogen-bond donors (Lipinski definition) is 1. The lowest BCUT2D eigenvalue weighted by Crippen LogP contribution is -2.21. The van der Waals surface area contributed by atoms with Crippen LogP contribution in [0.25, 0.3) is 11.2 Å². The number of likely N-dealkylation sites (tertiary alicyclic amines) is 1. The summed E-state index contributed by atoms with van der Waals surface area (Å²) in [6, 6.07) is 9.73. The highest BCUT2D eigenvalue weighted by molar-refractivity contribution is 5.74. The molecule has 1 saturated heterocycles. The smallest absolute Gasteiger partial charge is 0.163 e. The molecule has 2 aromatic heterocycles. The Hall–Kier alpha value is -2.80. The van der Waals surface area contributed by atoms with Crippen LogP contribution in [-0.4, -0.2) is 52.8 Å². The fourth-order valence-electron chi connectivity index (χ4n) is 3.57. The average molecular weight is 381 g/mol. The standard InChI is InChI=1S/C21H27N5O2/c1-25-15-22-17-7-9-20(24-21(17)25)23-16-6-8-18(27-2)19(14-16)28-13-5-12-26-10-3-4-11-26/h6-9,14-15H,3-5,10-13H2,1-2H3,(H,23,24). The van der Waals surface area contributed by atoms with E-state index < -0.39 is 0 Å². The molecule has 1 N–H and O–H groups in total. The third-order valence-electron chi connectivity index (χ3n) is 5.07. The number of ether oxygens (including phenoxy) is 2. The second-order valence-electron chi connectivity index (χ2n) is 7.14. The zero-order valence-corrected chi connectivity index (χ0v) is 16.5. The Balaban J connectivity index is 1.42. The summed E-state index contributed by atoms with van der Waals surface area (Å²) in [5.74, 6) is 2.25. The molecule has 0 unspecified atom stereocenters.